The van der Waals surface area contributed by atoms with E-state index in [1.807, 2.05) is 0 Å². The monoisotopic (exact) mass is 394 g/mol. The first kappa shape index (κ1) is 19.9. The molecule has 0 aliphatic carbocycles. The Hall–Kier alpha value is -2.90. The highest BCUT2D eigenvalue weighted by Crippen LogP contribution is 2.32. The van der Waals surface area contributed by atoms with Crippen molar-refractivity contribution in [2.24, 2.45) is 5.92 Å². The Labute approximate surface area is 159 Å². The summed E-state index contributed by atoms with van der Waals surface area (Å²) in [6.45, 7) is 0.320. The molecule has 0 aromatic heterocycles. The smallest absolute Gasteiger partial charge is 0.355 e. The molecule has 0 bridgehead atoms. The Morgan fingerprint density at radius 3 is 2.43 bits per heavy atom. The van der Waals surface area contributed by atoms with Gasteiger partial charge in [0.2, 0.25) is 11.8 Å². The van der Waals surface area contributed by atoms with Crippen LogP contribution in [0.4, 0.5) is 23.2 Å². The number of carbonyl (C=O) groups is 2. The molecule has 1 heterocycles. The largest absolute Gasteiger partial charge is 0.416 e. The number of halogens is 4. The molecule has 2 amide bonds. The number of amides is 2. The Balaban J connectivity index is 1.56. The van der Waals surface area contributed by atoms with E-state index in [0.29, 0.717) is 17.7 Å². The van der Waals surface area contributed by atoms with Crippen molar-refractivity contribution < 1.29 is 27.2 Å². The van der Waals surface area contributed by atoms with E-state index in [4.69, 9.17) is 0 Å². The third-order valence-corrected chi connectivity index (χ3v) is 4.65. The van der Waals surface area contributed by atoms with E-state index >= 15 is 0 Å². The Bertz CT molecular complexity index is 865. The summed E-state index contributed by atoms with van der Waals surface area (Å²) in [4.78, 5) is 25.8. The second kappa shape index (κ2) is 8.00. The van der Waals surface area contributed by atoms with Gasteiger partial charge in [-0.25, -0.2) is 4.39 Å². The number of carbonyl (C=O) groups excluding carboxylic acids is 2. The minimum absolute atomic E-state index is 0.0213. The van der Waals surface area contributed by atoms with E-state index in [1.54, 1.807) is 18.2 Å². The van der Waals surface area contributed by atoms with Crippen LogP contribution in [0.3, 0.4) is 0 Å². The maximum Gasteiger partial charge on any atom is 0.416 e. The maximum atomic E-state index is 13.6. The molecule has 1 aliphatic rings. The van der Waals surface area contributed by atoms with E-state index in [1.165, 1.54) is 23.1 Å². The lowest BCUT2D eigenvalue weighted by molar-refractivity contribution is -0.137. The lowest BCUT2D eigenvalue weighted by Crippen LogP contribution is -2.34. The summed E-state index contributed by atoms with van der Waals surface area (Å²) in [5.41, 5.74) is 0.00155. The van der Waals surface area contributed by atoms with Crippen molar-refractivity contribution in [1.82, 2.24) is 5.32 Å². The van der Waals surface area contributed by atoms with Crippen LogP contribution in [0.1, 0.15) is 17.5 Å². The van der Waals surface area contributed by atoms with Crippen molar-refractivity contribution in [3.05, 3.63) is 65.5 Å². The minimum atomic E-state index is -4.45. The Morgan fingerprint density at radius 1 is 1.11 bits per heavy atom. The van der Waals surface area contributed by atoms with Gasteiger partial charge in [-0.15, -0.1) is 0 Å². The first-order chi connectivity index (χ1) is 13.3. The summed E-state index contributed by atoms with van der Waals surface area (Å²) in [7, 11) is 0. The van der Waals surface area contributed by atoms with Crippen LogP contribution in [0.25, 0.3) is 0 Å². The molecule has 8 heteroatoms. The lowest BCUT2D eigenvalue weighted by Gasteiger charge is -2.17. The topological polar surface area (TPSA) is 49.4 Å². The normalized spacial score (nSPS) is 17.1. The van der Waals surface area contributed by atoms with Crippen molar-refractivity contribution in [2.75, 3.05) is 18.0 Å². The standard InChI is InChI=1S/C20H18F4N2O2/c21-17-4-2-1-3-13(17)9-10-25-19(28)14-11-18(27)26(12-14)16-7-5-15(6-8-16)20(22,23)24/h1-8,14H,9-12H2,(H,25,28). The number of nitrogens with zero attached hydrogens (tertiary/aromatic N) is 1. The number of benzene rings is 2. The lowest BCUT2D eigenvalue weighted by atomic mass is 10.1. The third kappa shape index (κ3) is 4.49. The molecule has 1 N–H and O–H groups in total. The summed E-state index contributed by atoms with van der Waals surface area (Å²) in [6.07, 6.45) is -4.15. The van der Waals surface area contributed by atoms with E-state index in [2.05, 4.69) is 5.32 Å². The van der Waals surface area contributed by atoms with Gasteiger partial charge in [0.25, 0.3) is 0 Å². The minimum Gasteiger partial charge on any atom is -0.355 e. The molecule has 148 valence electrons. The van der Waals surface area contributed by atoms with Crippen molar-refractivity contribution >= 4 is 17.5 Å². The van der Waals surface area contributed by atoms with Crippen LogP contribution in [0.15, 0.2) is 48.5 Å². The summed E-state index contributed by atoms with van der Waals surface area (Å²) in [5.74, 6) is -1.61. The Morgan fingerprint density at radius 2 is 1.79 bits per heavy atom. The van der Waals surface area contributed by atoms with Crippen molar-refractivity contribution in [2.45, 2.75) is 19.0 Å². The van der Waals surface area contributed by atoms with Gasteiger partial charge in [-0.05, 0) is 42.3 Å². The van der Waals surface area contributed by atoms with Gasteiger partial charge in [0.1, 0.15) is 5.82 Å². The maximum absolute atomic E-state index is 13.6. The highest BCUT2D eigenvalue weighted by molar-refractivity contribution is 6.00. The molecule has 0 radical (unpaired) electrons. The van der Waals surface area contributed by atoms with E-state index in [9.17, 15) is 27.2 Å². The molecular formula is C20H18F4N2O2. The summed E-state index contributed by atoms with van der Waals surface area (Å²) in [5, 5.41) is 2.69. The van der Waals surface area contributed by atoms with Crippen LogP contribution in [-0.4, -0.2) is 24.9 Å². The number of alkyl halides is 3. The van der Waals surface area contributed by atoms with Gasteiger partial charge in [0.15, 0.2) is 0 Å². The number of nitrogens with one attached hydrogen (secondary N) is 1. The van der Waals surface area contributed by atoms with E-state index in [0.717, 1.165) is 12.1 Å². The number of hydrogen-bond donors (Lipinski definition) is 1. The summed E-state index contributed by atoms with van der Waals surface area (Å²) >= 11 is 0. The Kier molecular flexibility index (Phi) is 5.67. The van der Waals surface area contributed by atoms with Gasteiger partial charge in [0, 0.05) is 25.2 Å². The van der Waals surface area contributed by atoms with Crippen LogP contribution in [0.5, 0.6) is 0 Å². The zero-order chi connectivity index (χ0) is 20.3. The van der Waals surface area contributed by atoms with Crippen LogP contribution in [-0.2, 0) is 22.2 Å². The van der Waals surface area contributed by atoms with Gasteiger partial charge in [-0.1, -0.05) is 18.2 Å². The predicted octanol–water partition coefficient (Wildman–Crippen LogP) is 3.56. The molecule has 1 atom stereocenters. The zero-order valence-electron chi connectivity index (χ0n) is 14.8. The molecule has 3 rings (SSSR count). The first-order valence-electron chi connectivity index (χ1n) is 8.74. The molecule has 1 fully saturated rings. The van der Waals surface area contributed by atoms with Gasteiger partial charge < -0.3 is 10.2 Å². The molecule has 28 heavy (non-hydrogen) atoms. The molecule has 1 unspecified atom stereocenters. The van der Waals surface area contributed by atoms with E-state index < -0.39 is 17.7 Å². The average Bonchev–Trinajstić information content (AvgIpc) is 3.04. The molecule has 2 aromatic rings. The van der Waals surface area contributed by atoms with Crippen LogP contribution in [0.2, 0.25) is 0 Å². The molecule has 1 saturated heterocycles. The van der Waals surface area contributed by atoms with Gasteiger partial charge >= 0.3 is 6.18 Å². The van der Waals surface area contributed by atoms with Crippen molar-refractivity contribution in [1.29, 1.82) is 0 Å². The molecule has 1 aliphatic heterocycles. The van der Waals surface area contributed by atoms with Gasteiger partial charge in [-0.3, -0.25) is 9.59 Å². The highest BCUT2D eigenvalue weighted by atomic mass is 19.4. The second-order valence-corrected chi connectivity index (χ2v) is 6.58. The van der Waals surface area contributed by atoms with Crippen molar-refractivity contribution in [3.63, 3.8) is 0 Å². The molecule has 2 aromatic carbocycles. The quantitative estimate of drug-likeness (QED) is 0.789. The van der Waals surface area contributed by atoms with Crippen LogP contribution in [0, 0.1) is 11.7 Å². The van der Waals surface area contributed by atoms with Crippen molar-refractivity contribution in [3.8, 4) is 0 Å². The van der Waals surface area contributed by atoms with Crippen LogP contribution >= 0.6 is 0 Å². The number of hydrogen-bond acceptors (Lipinski definition) is 2. The fourth-order valence-corrected chi connectivity index (χ4v) is 3.13. The molecule has 4 nitrogen and oxygen atoms in total. The van der Waals surface area contributed by atoms with E-state index in [-0.39, 0.29) is 37.1 Å². The molecule has 0 saturated carbocycles. The zero-order valence-corrected chi connectivity index (χ0v) is 14.8. The molecule has 0 spiro atoms. The number of anilines is 1. The fourth-order valence-electron chi connectivity index (χ4n) is 3.13. The average molecular weight is 394 g/mol. The first-order valence-corrected chi connectivity index (χ1v) is 8.74. The van der Waals surface area contributed by atoms with Gasteiger partial charge in [0.05, 0.1) is 11.5 Å². The second-order valence-electron chi connectivity index (χ2n) is 6.58. The van der Waals surface area contributed by atoms with Gasteiger partial charge in [-0.2, -0.15) is 13.2 Å². The summed E-state index contributed by atoms with van der Waals surface area (Å²) in [6, 6.07) is 10.5. The number of rotatable bonds is 5. The summed E-state index contributed by atoms with van der Waals surface area (Å²) < 4.78 is 51.5. The van der Waals surface area contributed by atoms with Crippen LogP contribution < -0.4 is 10.2 Å². The third-order valence-electron chi connectivity index (χ3n) is 4.65. The fraction of sp³-hybridized carbons (Fsp3) is 0.300. The molecular weight excluding hydrogens is 376 g/mol. The predicted molar refractivity (Wildman–Crippen MR) is 95.0 cm³/mol. The SMILES string of the molecule is O=C(NCCc1ccccc1F)C1CC(=O)N(c2ccc(C(F)(F)F)cc2)C1. The highest BCUT2D eigenvalue weighted by Gasteiger charge is 2.36.